The van der Waals surface area contributed by atoms with Crippen molar-refractivity contribution in [1.82, 2.24) is 20.1 Å². The second-order valence-corrected chi connectivity index (χ2v) is 6.11. The Bertz CT molecular complexity index is 484. The molecule has 0 atom stereocenters. The molecule has 1 aliphatic carbocycles. The lowest BCUT2D eigenvalue weighted by Gasteiger charge is -2.36. The van der Waals surface area contributed by atoms with Crippen LogP contribution in [0.2, 0.25) is 0 Å². The molecule has 2 N–H and O–H groups in total. The quantitative estimate of drug-likeness (QED) is 0.885. The molecule has 1 fully saturated rings. The number of hydrogen-bond donors (Lipinski definition) is 2. The van der Waals surface area contributed by atoms with Crippen molar-refractivity contribution in [2.45, 2.75) is 70.7 Å². The molecule has 3 rings (SSSR count). The highest BCUT2D eigenvalue weighted by molar-refractivity contribution is 5.87. The minimum absolute atomic E-state index is 0.186. The topological polar surface area (TPSA) is 81.1 Å². The highest BCUT2D eigenvalue weighted by atomic mass is 16.5. The Morgan fingerprint density at radius 2 is 2.19 bits per heavy atom. The van der Waals surface area contributed by atoms with E-state index in [1.165, 1.54) is 0 Å². The summed E-state index contributed by atoms with van der Waals surface area (Å²) >= 11 is 0. The van der Waals surface area contributed by atoms with Crippen LogP contribution in [0.15, 0.2) is 0 Å². The number of anilines is 1. The molecule has 0 aromatic carbocycles. The van der Waals surface area contributed by atoms with Crippen LogP contribution in [0.3, 0.4) is 0 Å². The summed E-state index contributed by atoms with van der Waals surface area (Å²) < 4.78 is 7.56. The zero-order valence-corrected chi connectivity index (χ0v) is 12.6. The van der Waals surface area contributed by atoms with Gasteiger partial charge >= 0.3 is 6.03 Å². The van der Waals surface area contributed by atoms with Gasteiger partial charge < -0.3 is 10.1 Å². The molecule has 1 aromatic rings. The Kier molecular flexibility index (Phi) is 4.10. The average molecular weight is 293 g/mol. The molecule has 1 aromatic heterocycles. The van der Waals surface area contributed by atoms with Gasteiger partial charge in [-0.1, -0.05) is 0 Å². The maximum Gasteiger partial charge on any atom is 0.321 e. The molecule has 1 saturated carbocycles. The number of nitrogens with zero attached hydrogens (tertiary/aromatic N) is 3. The first kappa shape index (κ1) is 14.3. The highest BCUT2D eigenvalue weighted by Crippen LogP contribution is 2.24. The van der Waals surface area contributed by atoms with Crippen molar-refractivity contribution in [2.75, 3.05) is 5.32 Å². The van der Waals surface area contributed by atoms with E-state index in [9.17, 15) is 4.79 Å². The molecule has 0 unspecified atom stereocenters. The fourth-order valence-corrected chi connectivity index (χ4v) is 2.84. The molecule has 0 saturated heterocycles. The number of fused-ring (bicyclic) bond motifs is 1. The van der Waals surface area contributed by atoms with E-state index in [-0.39, 0.29) is 24.3 Å². The van der Waals surface area contributed by atoms with Crippen molar-refractivity contribution in [2.24, 2.45) is 0 Å². The van der Waals surface area contributed by atoms with E-state index in [1.807, 2.05) is 18.5 Å². The Balaban J connectivity index is 1.44. The SMILES string of the molecule is CC(C)OC1CC(NC(=O)Nc2nc3n(n2)CCCC3)C1. The predicted molar refractivity (Wildman–Crippen MR) is 78.1 cm³/mol. The summed E-state index contributed by atoms with van der Waals surface area (Å²) in [5.74, 6) is 1.37. The van der Waals surface area contributed by atoms with Gasteiger partial charge in [0.1, 0.15) is 5.82 Å². The molecule has 2 heterocycles. The third-order valence-electron chi connectivity index (χ3n) is 3.89. The summed E-state index contributed by atoms with van der Waals surface area (Å²) in [5, 5.41) is 9.95. The van der Waals surface area contributed by atoms with Crippen LogP contribution < -0.4 is 10.6 Å². The Morgan fingerprint density at radius 3 is 2.90 bits per heavy atom. The Hall–Kier alpha value is -1.63. The van der Waals surface area contributed by atoms with Crippen molar-refractivity contribution >= 4 is 12.0 Å². The zero-order chi connectivity index (χ0) is 14.8. The first-order chi connectivity index (χ1) is 10.1. The molecule has 1 aliphatic heterocycles. The van der Waals surface area contributed by atoms with Gasteiger partial charge in [0.15, 0.2) is 0 Å². The summed E-state index contributed by atoms with van der Waals surface area (Å²) in [6.45, 7) is 4.95. The molecule has 2 amide bonds. The van der Waals surface area contributed by atoms with Crippen LogP contribution in [0.5, 0.6) is 0 Å². The number of aryl methyl sites for hydroxylation is 2. The van der Waals surface area contributed by atoms with E-state index in [2.05, 4.69) is 20.7 Å². The number of amides is 2. The second kappa shape index (κ2) is 6.01. The lowest BCUT2D eigenvalue weighted by Crippen LogP contribution is -2.49. The maximum atomic E-state index is 11.9. The molecule has 116 valence electrons. The molecule has 2 aliphatic rings. The Morgan fingerprint density at radius 1 is 1.38 bits per heavy atom. The molecule has 7 heteroatoms. The van der Waals surface area contributed by atoms with Gasteiger partial charge in [0.25, 0.3) is 0 Å². The van der Waals surface area contributed by atoms with Crippen LogP contribution in [-0.4, -0.2) is 39.0 Å². The van der Waals surface area contributed by atoms with Gasteiger partial charge in [0.05, 0.1) is 12.2 Å². The largest absolute Gasteiger partial charge is 0.375 e. The number of nitrogens with one attached hydrogen (secondary N) is 2. The highest BCUT2D eigenvalue weighted by Gasteiger charge is 2.31. The number of urea groups is 1. The van der Waals surface area contributed by atoms with E-state index in [1.54, 1.807) is 0 Å². The number of rotatable bonds is 4. The van der Waals surface area contributed by atoms with Gasteiger partial charge in [-0.25, -0.2) is 9.48 Å². The normalized spacial score (nSPS) is 24.3. The van der Waals surface area contributed by atoms with Crippen LogP contribution in [-0.2, 0) is 17.7 Å². The molecule has 0 spiro atoms. The van der Waals surface area contributed by atoms with E-state index in [4.69, 9.17) is 4.74 Å². The number of carbonyl (C=O) groups excluding carboxylic acids is 1. The van der Waals surface area contributed by atoms with E-state index < -0.39 is 0 Å². The second-order valence-electron chi connectivity index (χ2n) is 6.11. The minimum atomic E-state index is -0.231. The van der Waals surface area contributed by atoms with E-state index in [0.29, 0.717) is 5.95 Å². The number of carbonyl (C=O) groups is 1. The summed E-state index contributed by atoms with van der Waals surface area (Å²) in [6.07, 6.45) is 5.47. The Labute approximate surface area is 124 Å². The number of hydrogen-bond acceptors (Lipinski definition) is 4. The summed E-state index contributed by atoms with van der Waals surface area (Å²) in [5.41, 5.74) is 0. The van der Waals surface area contributed by atoms with E-state index in [0.717, 1.165) is 44.5 Å². The van der Waals surface area contributed by atoms with Crippen molar-refractivity contribution < 1.29 is 9.53 Å². The summed E-state index contributed by atoms with van der Waals surface area (Å²) in [4.78, 5) is 16.3. The van der Waals surface area contributed by atoms with Gasteiger partial charge in [-0.3, -0.25) is 5.32 Å². The number of aromatic nitrogens is 3. The fraction of sp³-hybridized carbons (Fsp3) is 0.786. The molecule has 0 radical (unpaired) electrons. The van der Waals surface area contributed by atoms with Crippen molar-refractivity contribution in [1.29, 1.82) is 0 Å². The van der Waals surface area contributed by atoms with Crippen molar-refractivity contribution in [3.05, 3.63) is 5.82 Å². The summed E-state index contributed by atoms with van der Waals surface area (Å²) in [6, 6.07) is -0.0445. The van der Waals surface area contributed by atoms with Gasteiger partial charge in [-0.15, -0.1) is 5.10 Å². The molecule has 21 heavy (non-hydrogen) atoms. The van der Waals surface area contributed by atoms with Crippen LogP contribution in [0, 0.1) is 0 Å². The fourth-order valence-electron chi connectivity index (χ4n) is 2.84. The van der Waals surface area contributed by atoms with E-state index >= 15 is 0 Å². The third kappa shape index (κ3) is 3.53. The third-order valence-corrected chi connectivity index (χ3v) is 3.89. The molecular weight excluding hydrogens is 270 g/mol. The van der Waals surface area contributed by atoms with Crippen LogP contribution in [0.4, 0.5) is 10.7 Å². The first-order valence-corrected chi connectivity index (χ1v) is 7.77. The van der Waals surface area contributed by atoms with Gasteiger partial charge in [-0.05, 0) is 39.5 Å². The first-order valence-electron chi connectivity index (χ1n) is 7.77. The lowest BCUT2D eigenvalue weighted by molar-refractivity contribution is -0.0473. The minimum Gasteiger partial charge on any atom is -0.375 e. The predicted octanol–water partition coefficient (Wildman–Crippen LogP) is 1.69. The zero-order valence-electron chi connectivity index (χ0n) is 12.6. The van der Waals surface area contributed by atoms with Gasteiger partial charge in [-0.2, -0.15) is 4.98 Å². The van der Waals surface area contributed by atoms with Crippen LogP contribution >= 0.6 is 0 Å². The van der Waals surface area contributed by atoms with Gasteiger partial charge in [0.2, 0.25) is 5.95 Å². The smallest absolute Gasteiger partial charge is 0.321 e. The monoisotopic (exact) mass is 293 g/mol. The summed E-state index contributed by atoms with van der Waals surface area (Å²) in [7, 11) is 0. The van der Waals surface area contributed by atoms with Crippen LogP contribution in [0.1, 0.15) is 45.4 Å². The van der Waals surface area contributed by atoms with Crippen molar-refractivity contribution in [3.63, 3.8) is 0 Å². The molecule has 7 nitrogen and oxygen atoms in total. The van der Waals surface area contributed by atoms with Crippen LogP contribution in [0.25, 0.3) is 0 Å². The number of ether oxygens (including phenoxy) is 1. The maximum absolute atomic E-state index is 11.9. The van der Waals surface area contributed by atoms with Crippen molar-refractivity contribution in [3.8, 4) is 0 Å². The van der Waals surface area contributed by atoms with Gasteiger partial charge in [0, 0.05) is 19.0 Å². The average Bonchev–Trinajstić information content (AvgIpc) is 2.77. The lowest BCUT2D eigenvalue weighted by atomic mass is 9.89. The standard InChI is InChI=1S/C14H23N5O2/c1-9(2)21-11-7-10(8-11)15-14(20)17-13-16-12-5-3-4-6-19(12)18-13/h9-11H,3-8H2,1-2H3,(H2,15,17,18,20). The molecule has 0 bridgehead atoms. The molecular formula is C14H23N5O2.